The van der Waals surface area contributed by atoms with Crippen LogP contribution < -0.4 is 20.3 Å². The van der Waals surface area contributed by atoms with Crippen molar-refractivity contribution < 1.29 is 19.1 Å². The lowest BCUT2D eigenvalue weighted by Gasteiger charge is -2.13. The van der Waals surface area contributed by atoms with E-state index in [0.29, 0.717) is 23.7 Å². The van der Waals surface area contributed by atoms with E-state index in [-0.39, 0.29) is 6.61 Å². The first kappa shape index (κ1) is 21.4. The molecule has 0 spiro atoms. The van der Waals surface area contributed by atoms with Gasteiger partial charge in [0.25, 0.3) is 11.8 Å². The van der Waals surface area contributed by atoms with Crippen molar-refractivity contribution in [1.29, 1.82) is 0 Å². The van der Waals surface area contributed by atoms with Crippen LogP contribution in [0.1, 0.15) is 17.3 Å². The van der Waals surface area contributed by atoms with Crippen LogP contribution in [0.15, 0.2) is 77.3 Å². The van der Waals surface area contributed by atoms with Gasteiger partial charge in [0.1, 0.15) is 11.5 Å². The molecule has 0 heterocycles. The Kier molecular flexibility index (Phi) is 7.45. The van der Waals surface area contributed by atoms with Crippen molar-refractivity contribution >= 4 is 27.7 Å². The van der Waals surface area contributed by atoms with E-state index in [2.05, 4.69) is 26.8 Å². The van der Waals surface area contributed by atoms with Gasteiger partial charge in [-0.2, -0.15) is 0 Å². The number of carbonyl (C=O) groups excluding carboxylic acids is 2. The predicted molar refractivity (Wildman–Crippen MR) is 118 cm³/mol. The highest BCUT2D eigenvalue weighted by Gasteiger charge is 2.15. The van der Waals surface area contributed by atoms with Crippen molar-refractivity contribution in [3.63, 3.8) is 0 Å². The van der Waals surface area contributed by atoms with Crippen LogP contribution >= 0.6 is 15.9 Å². The van der Waals surface area contributed by atoms with Gasteiger partial charge in [-0.15, -0.1) is 0 Å². The number of amides is 2. The summed E-state index contributed by atoms with van der Waals surface area (Å²) in [4.78, 5) is 24.6. The highest BCUT2D eigenvalue weighted by molar-refractivity contribution is 9.10. The number of hydrogen-bond donors (Lipinski definition) is 2. The van der Waals surface area contributed by atoms with E-state index in [1.807, 2.05) is 55.5 Å². The molecule has 0 aliphatic rings. The maximum Gasteiger partial charge on any atom is 0.276 e. The molecule has 0 saturated carbocycles. The number of nitrogens with one attached hydrogen (secondary N) is 2. The average molecular weight is 469 g/mol. The maximum absolute atomic E-state index is 12.4. The molecule has 154 valence electrons. The van der Waals surface area contributed by atoms with Crippen LogP contribution in [0.3, 0.4) is 0 Å². The second-order valence-electron chi connectivity index (χ2n) is 6.23. The number of halogens is 1. The molecule has 6 nitrogen and oxygen atoms in total. The molecule has 0 radical (unpaired) electrons. The van der Waals surface area contributed by atoms with Gasteiger partial charge >= 0.3 is 0 Å². The Bertz CT molecular complexity index is 1020. The van der Waals surface area contributed by atoms with Crippen molar-refractivity contribution in [3.05, 3.63) is 82.8 Å². The Labute approximate surface area is 183 Å². The fourth-order valence-electron chi connectivity index (χ4n) is 2.78. The summed E-state index contributed by atoms with van der Waals surface area (Å²) in [7, 11) is 0. The Balaban J connectivity index is 1.59. The average Bonchev–Trinajstić information content (AvgIpc) is 2.78. The Hall–Kier alpha value is -3.32. The molecule has 0 saturated heterocycles. The number of para-hydroxylation sites is 1. The van der Waals surface area contributed by atoms with E-state index >= 15 is 0 Å². The molecule has 3 aromatic carbocycles. The molecule has 7 heteroatoms. The van der Waals surface area contributed by atoms with Crippen LogP contribution in [-0.2, 0) is 4.79 Å². The van der Waals surface area contributed by atoms with E-state index in [0.717, 1.165) is 15.6 Å². The normalized spacial score (nSPS) is 10.2. The maximum atomic E-state index is 12.4. The number of ether oxygens (including phenoxy) is 2. The first-order valence-electron chi connectivity index (χ1n) is 9.37. The summed E-state index contributed by atoms with van der Waals surface area (Å²) in [5.74, 6) is 0.0354. The molecular formula is C23H21BrN2O4. The minimum atomic E-state index is -0.488. The number of carbonyl (C=O) groups is 2. The monoisotopic (exact) mass is 468 g/mol. The van der Waals surface area contributed by atoms with Gasteiger partial charge in [-0.05, 0) is 36.8 Å². The van der Waals surface area contributed by atoms with E-state index in [9.17, 15) is 9.59 Å². The van der Waals surface area contributed by atoms with E-state index in [1.54, 1.807) is 24.3 Å². The lowest BCUT2D eigenvalue weighted by Crippen LogP contribution is -2.44. The van der Waals surface area contributed by atoms with Gasteiger partial charge in [-0.25, -0.2) is 0 Å². The zero-order valence-corrected chi connectivity index (χ0v) is 17.9. The van der Waals surface area contributed by atoms with Crippen molar-refractivity contribution in [3.8, 4) is 22.6 Å². The first-order chi connectivity index (χ1) is 14.6. The third-order valence-corrected chi connectivity index (χ3v) is 4.63. The lowest BCUT2D eigenvalue weighted by molar-refractivity contribution is -0.123. The van der Waals surface area contributed by atoms with E-state index in [1.165, 1.54) is 0 Å². The summed E-state index contributed by atoms with van der Waals surface area (Å²) < 4.78 is 11.9. The molecule has 2 amide bonds. The second kappa shape index (κ2) is 10.5. The number of rotatable bonds is 7. The summed E-state index contributed by atoms with van der Waals surface area (Å²) in [6.45, 7) is 2.00. The molecule has 0 fully saturated rings. The SMILES string of the molecule is CCOc1ccc(Br)cc1C(=O)NNC(=O)COc1ccccc1-c1ccccc1. The minimum absolute atomic E-state index is 0.249. The van der Waals surface area contributed by atoms with Crippen molar-refractivity contribution in [2.75, 3.05) is 13.2 Å². The van der Waals surface area contributed by atoms with Crippen molar-refractivity contribution in [2.45, 2.75) is 6.92 Å². The molecule has 0 unspecified atom stereocenters. The molecular weight excluding hydrogens is 448 g/mol. The molecule has 3 rings (SSSR count). The zero-order valence-electron chi connectivity index (χ0n) is 16.4. The summed E-state index contributed by atoms with van der Waals surface area (Å²) in [5, 5.41) is 0. The second-order valence-corrected chi connectivity index (χ2v) is 7.14. The highest BCUT2D eigenvalue weighted by Crippen LogP contribution is 2.29. The van der Waals surface area contributed by atoms with Crippen LogP contribution in [0.2, 0.25) is 0 Å². The van der Waals surface area contributed by atoms with Crippen molar-refractivity contribution in [2.24, 2.45) is 0 Å². The van der Waals surface area contributed by atoms with Crippen LogP contribution in [-0.4, -0.2) is 25.0 Å². The van der Waals surface area contributed by atoms with Gasteiger partial charge in [0, 0.05) is 10.0 Å². The summed E-state index contributed by atoms with van der Waals surface area (Å²) in [5.41, 5.74) is 6.93. The van der Waals surface area contributed by atoms with Crippen LogP contribution in [0, 0.1) is 0 Å². The molecule has 0 atom stereocenters. The van der Waals surface area contributed by atoms with Gasteiger partial charge in [-0.3, -0.25) is 20.4 Å². The summed E-state index contributed by atoms with van der Waals surface area (Å²) >= 11 is 3.33. The number of hydrogen-bond acceptors (Lipinski definition) is 4. The standard InChI is InChI=1S/C23H21BrN2O4/c1-2-29-21-13-12-17(24)14-19(21)23(28)26-25-22(27)15-30-20-11-7-6-10-18(20)16-8-4-3-5-9-16/h3-14H,2,15H2,1H3,(H,25,27)(H,26,28). The van der Waals surface area contributed by atoms with Gasteiger partial charge in [0.2, 0.25) is 0 Å². The largest absolute Gasteiger partial charge is 0.493 e. The smallest absolute Gasteiger partial charge is 0.276 e. The lowest BCUT2D eigenvalue weighted by atomic mass is 10.1. The Morgan fingerprint density at radius 2 is 1.60 bits per heavy atom. The first-order valence-corrected chi connectivity index (χ1v) is 10.2. The Morgan fingerprint density at radius 1 is 0.867 bits per heavy atom. The van der Waals surface area contributed by atoms with Crippen LogP contribution in [0.4, 0.5) is 0 Å². The van der Waals surface area contributed by atoms with Gasteiger partial charge in [0.15, 0.2) is 6.61 Å². The van der Waals surface area contributed by atoms with Crippen LogP contribution in [0.25, 0.3) is 11.1 Å². The van der Waals surface area contributed by atoms with Crippen LogP contribution in [0.5, 0.6) is 11.5 Å². The fourth-order valence-corrected chi connectivity index (χ4v) is 3.14. The number of hydrazine groups is 1. The minimum Gasteiger partial charge on any atom is -0.493 e. The third-order valence-electron chi connectivity index (χ3n) is 4.13. The predicted octanol–water partition coefficient (Wildman–Crippen LogP) is 4.35. The summed E-state index contributed by atoms with van der Waals surface area (Å²) in [6.07, 6.45) is 0. The topological polar surface area (TPSA) is 76.7 Å². The molecule has 30 heavy (non-hydrogen) atoms. The molecule has 0 aliphatic heterocycles. The number of benzene rings is 3. The van der Waals surface area contributed by atoms with Crippen molar-refractivity contribution in [1.82, 2.24) is 10.9 Å². The van der Waals surface area contributed by atoms with Gasteiger partial charge < -0.3 is 9.47 Å². The molecule has 0 aromatic heterocycles. The quantitative estimate of drug-likeness (QED) is 0.505. The van der Waals surface area contributed by atoms with Gasteiger partial charge in [-0.1, -0.05) is 64.5 Å². The Morgan fingerprint density at radius 3 is 2.37 bits per heavy atom. The van der Waals surface area contributed by atoms with E-state index < -0.39 is 11.8 Å². The molecule has 0 bridgehead atoms. The van der Waals surface area contributed by atoms with E-state index in [4.69, 9.17) is 9.47 Å². The molecule has 0 aliphatic carbocycles. The zero-order chi connectivity index (χ0) is 21.3. The molecule has 3 aromatic rings. The fraction of sp³-hybridized carbons (Fsp3) is 0.130. The highest BCUT2D eigenvalue weighted by atomic mass is 79.9. The molecule has 2 N–H and O–H groups in total. The third kappa shape index (κ3) is 5.61. The van der Waals surface area contributed by atoms with Gasteiger partial charge in [0.05, 0.1) is 12.2 Å². The summed E-state index contributed by atoms with van der Waals surface area (Å²) in [6, 6.07) is 22.3.